The number of amides is 2. The van der Waals surface area contributed by atoms with E-state index in [4.69, 9.17) is 0 Å². The molecular formula is C15H20N2O2S. The molecule has 0 spiro atoms. The van der Waals surface area contributed by atoms with Gasteiger partial charge in [-0.3, -0.25) is 9.59 Å². The normalized spacial score (nSPS) is 29.4. The average molecular weight is 292 g/mol. The van der Waals surface area contributed by atoms with Crippen molar-refractivity contribution >= 4 is 23.2 Å². The SMILES string of the molecule is CC1(C2CC2)NC(=O)C(C)(C)N(Cc2ccsc2)C1=O. The number of nitrogens with zero attached hydrogens (tertiary/aromatic N) is 1. The molecule has 1 aromatic heterocycles. The maximum absolute atomic E-state index is 12.9. The van der Waals surface area contributed by atoms with Gasteiger partial charge in [-0.15, -0.1) is 0 Å². The fourth-order valence-corrected chi connectivity index (χ4v) is 3.53. The van der Waals surface area contributed by atoms with E-state index in [1.165, 1.54) is 0 Å². The first-order valence-electron chi connectivity index (χ1n) is 7.01. The van der Waals surface area contributed by atoms with Crippen molar-refractivity contribution in [2.24, 2.45) is 5.92 Å². The van der Waals surface area contributed by atoms with Crippen molar-refractivity contribution in [1.82, 2.24) is 10.2 Å². The third-order valence-electron chi connectivity index (χ3n) is 4.61. The van der Waals surface area contributed by atoms with Crippen LogP contribution in [0.2, 0.25) is 0 Å². The second kappa shape index (κ2) is 4.32. The summed E-state index contributed by atoms with van der Waals surface area (Å²) in [6.45, 7) is 6.02. The summed E-state index contributed by atoms with van der Waals surface area (Å²) in [6, 6.07) is 2.01. The number of carbonyl (C=O) groups excluding carboxylic acids is 2. The van der Waals surface area contributed by atoms with E-state index in [9.17, 15) is 9.59 Å². The molecule has 1 aliphatic heterocycles. The molecule has 2 heterocycles. The van der Waals surface area contributed by atoms with Crippen LogP contribution >= 0.6 is 11.3 Å². The average Bonchev–Trinajstić information content (AvgIpc) is 3.12. The van der Waals surface area contributed by atoms with E-state index in [-0.39, 0.29) is 11.8 Å². The molecule has 0 aromatic carbocycles. The zero-order chi connectivity index (χ0) is 14.5. The van der Waals surface area contributed by atoms with Crippen molar-refractivity contribution in [2.45, 2.75) is 51.2 Å². The van der Waals surface area contributed by atoms with Crippen molar-refractivity contribution < 1.29 is 9.59 Å². The maximum Gasteiger partial charge on any atom is 0.249 e. The summed E-state index contributed by atoms with van der Waals surface area (Å²) < 4.78 is 0. The Bertz CT molecular complexity index is 548. The molecule has 2 amide bonds. The monoisotopic (exact) mass is 292 g/mol. The molecule has 1 aliphatic carbocycles. The number of nitrogens with one attached hydrogen (secondary N) is 1. The van der Waals surface area contributed by atoms with Crippen LogP contribution in [-0.4, -0.2) is 27.8 Å². The van der Waals surface area contributed by atoms with E-state index in [0.29, 0.717) is 12.5 Å². The molecule has 108 valence electrons. The van der Waals surface area contributed by atoms with Crippen LogP contribution in [0.4, 0.5) is 0 Å². The lowest BCUT2D eigenvalue weighted by Gasteiger charge is -2.49. The van der Waals surface area contributed by atoms with Gasteiger partial charge in [-0.05, 0) is 61.9 Å². The molecule has 0 radical (unpaired) electrons. The van der Waals surface area contributed by atoms with Gasteiger partial charge in [-0.1, -0.05) is 0 Å². The largest absolute Gasteiger partial charge is 0.340 e. The topological polar surface area (TPSA) is 49.4 Å². The second-order valence-corrected chi connectivity index (χ2v) is 7.29. The Labute approximate surface area is 123 Å². The smallest absolute Gasteiger partial charge is 0.249 e. The lowest BCUT2D eigenvalue weighted by atomic mass is 9.85. The molecule has 3 rings (SSSR count). The van der Waals surface area contributed by atoms with Gasteiger partial charge < -0.3 is 10.2 Å². The molecule has 1 saturated carbocycles. The number of thiophene rings is 1. The highest BCUT2D eigenvalue weighted by Crippen LogP contribution is 2.43. The van der Waals surface area contributed by atoms with Crippen molar-refractivity contribution in [3.05, 3.63) is 22.4 Å². The lowest BCUT2D eigenvalue weighted by molar-refractivity contribution is -0.162. The van der Waals surface area contributed by atoms with Gasteiger partial charge in [0.15, 0.2) is 0 Å². The summed E-state index contributed by atoms with van der Waals surface area (Å²) in [7, 11) is 0. The summed E-state index contributed by atoms with van der Waals surface area (Å²) >= 11 is 1.61. The summed E-state index contributed by atoms with van der Waals surface area (Å²) in [6.07, 6.45) is 2.05. The van der Waals surface area contributed by atoms with Crippen LogP contribution in [0, 0.1) is 5.92 Å². The predicted octanol–water partition coefficient (Wildman–Crippen LogP) is 2.15. The quantitative estimate of drug-likeness (QED) is 0.928. The van der Waals surface area contributed by atoms with Crippen molar-refractivity contribution in [1.29, 1.82) is 0 Å². The minimum atomic E-state index is -0.798. The summed E-state index contributed by atoms with van der Waals surface area (Å²) in [5, 5.41) is 7.01. The highest BCUT2D eigenvalue weighted by atomic mass is 32.1. The Morgan fingerprint density at radius 1 is 1.35 bits per heavy atom. The van der Waals surface area contributed by atoms with Gasteiger partial charge in [0, 0.05) is 6.54 Å². The standard InChI is InChI=1S/C15H20N2O2S/c1-14(2)12(18)16-15(3,11-4-5-11)13(19)17(14)8-10-6-7-20-9-10/h6-7,9,11H,4-5,8H2,1-3H3,(H,16,18). The number of hydrogen-bond acceptors (Lipinski definition) is 3. The molecule has 1 aromatic rings. The Morgan fingerprint density at radius 3 is 2.60 bits per heavy atom. The van der Waals surface area contributed by atoms with Gasteiger partial charge in [0.25, 0.3) is 0 Å². The zero-order valence-corrected chi connectivity index (χ0v) is 12.9. The molecule has 1 N–H and O–H groups in total. The summed E-state index contributed by atoms with van der Waals surface area (Å²) in [5.41, 5.74) is -0.431. The summed E-state index contributed by atoms with van der Waals surface area (Å²) in [5.74, 6) is 0.289. The van der Waals surface area contributed by atoms with Crippen LogP contribution in [0.3, 0.4) is 0 Å². The molecular weight excluding hydrogens is 272 g/mol. The molecule has 2 aliphatic rings. The van der Waals surface area contributed by atoms with Gasteiger partial charge in [0.1, 0.15) is 11.1 Å². The number of hydrogen-bond donors (Lipinski definition) is 1. The molecule has 1 saturated heterocycles. The van der Waals surface area contributed by atoms with Crippen LogP contribution in [0.15, 0.2) is 16.8 Å². The molecule has 2 fully saturated rings. The third-order valence-corrected chi connectivity index (χ3v) is 5.34. The van der Waals surface area contributed by atoms with E-state index in [1.54, 1.807) is 16.2 Å². The van der Waals surface area contributed by atoms with Crippen LogP contribution in [0.25, 0.3) is 0 Å². The maximum atomic E-state index is 12.9. The van der Waals surface area contributed by atoms with Crippen LogP contribution < -0.4 is 5.32 Å². The van der Waals surface area contributed by atoms with Crippen LogP contribution in [0.1, 0.15) is 39.2 Å². The molecule has 1 atom stereocenters. The fourth-order valence-electron chi connectivity index (χ4n) is 2.87. The highest BCUT2D eigenvalue weighted by Gasteiger charge is 2.57. The zero-order valence-electron chi connectivity index (χ0n) is 12.1. The first-order chi connectivity index (χ1) is 9.35. The van der Waals surface area contributed by atoms with Crippen molar-refractivity contribution in [3.63, 3.8) is 0 Å². The third kappa shape index (κ3) is 1.95. The molecule has 0 bridgehead atoms. The van der Waals surface area contributed by atoms with Gasteiger partial charge in [0.2, 0.25) is 11.8 Å². The van der Waals surface area contributed by atoms with Crippen molar-refractivity contribution in [2.75, 3.05) is 0 Å². The Kier molecular flexibility index (Phi) is 2.94. The van der Waals surface area contributed by atoms with Gasteiger partial charge in [-0.2, -0.15) is 11.3 Å². The fraction of sp³-hybridized carbons (Fsp3) is 0.600. The van der Waals surface area contributed by atoms with E-state index < -0.39 is 11.1 Å². The predicted molar refractivity (Wildman–Crippen MR) is 78.2 cm³/mol. The van der Waals surface area contributed by atoms with Crippen molar-refractivity contribution in [3.8, 4) is 0 Å². The molecule has 1 unspecified atom stereocenters. The highest BCUT2D eigenvalue weighted by molar-refractivity contribution is 7.07. The summed E-state index contributed by atoms with van der Waals surface area (Å²) in [4.78, 5) is 27.1. The van der Waals surface area contributed by atoms with E-state index in [0.717, 1.165) is 18.4 Å². The van der Waals surface area contributed by atoms with E-state index in [1.807, 2.05) is 37.6 Å². The first kappa shape index (κ1) is 13.6. The van der Waals surface area contributed by atoms with Gasteiger partial charge in [0.05, 0.1) is 0 Å². The molecule has 5 heteroatoms. The van der Waals surface area contributed by atoms with E-state index >= 15 is 0 Å². The minimum absolute atomic E-state index is 0.0517. The van der Waals surface area contributed by atoms with Gasteiger partial charge in [-0.25, -0.2) is 0 Å². The van der Waals surface area contributed by atoms with E-state index in [2.05, 4.69) is 5.32 Å². The number of rotatable bonds is 3. The Balaban J connectivity index is 1.94. The first-order valence-corrected chi connectivity index (χ1v) is 7.96. The lowest BCUT2D eigenvalue weighted by Crippen LogP contribution is -2.73. The molecule has 4 nitrogen and oxygen atoms in total. The minimum Gasteiger partial charge on any atom is -0.340 e. The number of piperazine rings is 1. The van der Waals surface area contributed by atoms with Gasteiger partial charge >= 0.3 is 0 Å². The Morgan fingerprint density at radius 2 is 2.05 bits per heavy atom. The molecule has 20 heavy (non-hydrogen) atoms. The second-order valence-electron chi connectivity index (χ2n) is 6.51. The van der Waals surface area contributed by atoms with Crippen LogP contribution in [-0.2, 0) is 16.1 Å². The van der Waals surface area contributed by atoms with Crippen LogP contribution in [0.5, 0.6) is 0 Å². The Hall–Kier alpha value is -1.36. The number of carbonyl (C=O) groups is 2.